The fourth-order valence-corrected chi connectivity index (χ4v) is 5.42. The molecule has 6 nitrogen and oxygen atoms in total. The topological polar surface area (TPSA) is 60.9 Å². The molecule has 0 radical (unpaired) electrons. The number of nitrogens with zero attached hydrogens (tertiary/aromatic N) is 3. The molecule has 29 heavy (non-hydrogen) atoms. The molecule has 0 aromatic heterocycles. The average Bonchev–Trinajstić information content (AvgIpc) is 3.22. The summed E-state index contributed by atoms with van der Waals surface area (Å²) >= 11 is 0. The number of fused-ring (bicyclic) bond motifs is 4. The summed E-state index contributed by atoms with van der Waals surface area (Å²) in [6, 6.07) is 17.4. The fourth-order valence-electron chi connectivity index (χ4n) is 5.42. The lowest BCUT2D eigenvalue weighted by atomic mass is 9.67. The van der Waals surface area contributed by atoms with E-state index in [0.717, 1.165) is 27.6 Å². The summed E-state index contributed by atoms with van der Waals surface area (Å²) in [5, 5.41) is 0. The largest absolute Gasteiger partial charge is 0.366 e. The summed E-state index contributed by atoms with van der Waals surface area (Å²) in [7, 11) is 2.95. The number of amides is 4. The molecule has 2 aromatic carbocycles. The molecule has 2 aromatic rings. The quantitative estimate of drug-likeness (QED) is 0.704. The summed E-state index contributed by atoms with van der Waals surface area (Å²) in [6.45, 7) is 0.745. The maximum absolute atomic E-state index is 13.5. The first-order valence-corrected chi connectivity index (χ1v) is 9.95. The van der Waals surface area contributed by atoms with Gasteiger partial charge in [0, 0.05) is 32.2 Å². The van der Waals surface area contributed by atoms with E-state index >= 15 is 0 Å². The second kappa shape index (κ2) is 6.17. The van der Waals surface area contributed by atoms with Gasteiger partial charge in [0.05, 0.1) is 6.04 Å². The van der Waals surface area contributed by atoms with Crippen molar-refractivity contribution in [2.75, 3.05) is 25.5 Å². The monoisotopic (exact) mass is 389 g/mol. The molecule has 0 aliphatic carbocycles. The van der Waals surface area contributed by atoms with Crippen LogP contribution in [0.4, 0.5) is 10.5 Å². The van der Waals surface area contributed by atoms with Gasteiger partial charge in [-0.2, -0.15) is 0 Å². The Labute approximate surface area is 169 Å². The van der Waals surface area contributed by atoms with Crippen LogP contribution in [0.25, 0.3) is 0 Å². The van der Waals surface area contributed by atoms with Crippen molar-refractivity contribution in [3.8, 4) is 0 Å². The van der Waals surface area contributed by atoms with Crippen molar-refractivity contribution >= 4 is 23.5 Å². The van der Waals surface area contributed by atoms with Crippen molar-refractivity contribution in [1.82, 2.24) is 9.80 Å². The molecule has 3 aliphatic rings. The number of carbonyl (C=O) groups is 3. The van der Waals surface area contributed by atoms with Gasteiger partial charge in [0.15, 0.2) is 5.41 Å². The summed E-state index contributed by atoms with van der Waals surface area (Å²) in [4.78, 5) is 43.8. The lowest BCUT2D eigenvalue weighted by Gasteiger charge is -2.50. The zero-order valence-corrected chi connectivity index (χ0v) is 16.5. The van der Waals surface area contributed by atoms with Gasteiger partial charge in [-0.25, -0.2) is 4.79 Å². The van der Waals surface area contributed by atoms with Crippen LogP contribution in [0.15, 0.2) is 54.6 Å². The smallest absolute Gasteiger partial charge is 0.332 e. The zero-order valence-electron chi connectivity index (χ0n) is 16.5. The number of carbonyl (C=O) groups excluding carboxylic acids is 3. The first-order chi connectivity index (χ1) is 13.9. The molecule has 3 aliphatic heterocycles. The molecule has 4 amide bonds. The van der Waals surface area contributed by atoms with Crippen molar-refractivity contribution < 1.29 is 14.4 Å². The second-order valence-electron chi connectivity index (χ2n) is 8.30. The van der Waals surface area contributed by atoms with Crippen LogP contribution in [0.1, 0.15) is 23.5 Å². The van der Waals surface area contributed by atoms with Crippen LogP contribution in [0.5, 0.6) is 0 Å². The fraction of sp³-hybridized carbons (Fsp3) is 0.348. The maximum atomic E-state index is 13.5. The van der Waals surface area contributed by atoms with Crippen LogP contribution in [0, 0.1) is 5.41 Å². The highest BCUT2D eigenvalue weighted by atomic mass is 16.2. The van der Waals surface area contributed by atoms with Crippen LogP contribution in [0.3, 0.4) is 0 Å². The van der Waals surface area contributed by atoms with E-state index in [1.54, 1.807) is 0 Å². The first kappa shape index (κ1) is 17.9. The second-order valence-corrected chi connectivity index (χ2v) is 8.30. The molecule has 0 unspecified atom stereocenters. The van der Waals surface area contributed by atoms with Gasteiger partial charge in [0.2, 0.25) is 11.8 Å². The van der Waals surface area contributed by atoms with Crippen molar-refractivity contribution in [3.05, 3.63) is 65.7 Å². The predicted octanol–water partition coefficient (Wildman–Crippen LogP) is 2.64. The minimum Gasteiger partial charge on any atom is -0.366 e. The van der Waals surface area contributed by atoms with Crippen LogP contribution >= 0.6 is 0 Å². The van der Waals surface area contributed by atoms with E-state index in [4.69, 9.17) is 0 Å². The lowest BCUT2D eigenvalue weighted by Crippen LogP contribution is -2.70. The maximum Gasteiger partial charge on any atom is 0.332 e. The highest BCUT2D eigenvalue weighted by Gasteiger charge is 2.64. The van der Waals surface area contributed by atoms with Gasteiger partial charge in [0.1, 0.15) is 0 Å². The highest BCUT2D eigenvalue weighted by molar-refractivity contribution is 6.20. The molecule has 2 fully saturated rings. The van der Waals surface area contributed by atoms with E-state index in [9.17, 15) is 14.4 Å². The third-order valence-corrected chi connectivity index (χ3v) is 6.86. The normalized spacial score (nSPS) is 25.4. The number of para-hydroxylation sites is 1. The Hall–Kier alpha value is -3.15. The number of anilines is 1. The summed E-state index contributed by atoms with van der Waals surface area (Å²) in [5.74, 6) is -0.550. The van der Waals surface area contributed by atoms with E-state index < -0.39 is 11.4 Å². The summed E-state index contributed by atoms with van der Waals surface area (Å²) in [5.41, 5.74) is 2.01. The third-order valence-electron chi connectivity index (χ3n) is 6.86. The molecule has 2 atom stereocenters. The van der Waals surface area contributed by atoms with Crippen molar-refractivity contribution in [2.24, 2.45) is 5.41 Å². The lowest BCUT2D eigenvalue weighted by molar-refractivity contribution is -0.159. The van der Waals surface area contributed by atoms with E-state index in [-0.39, 0.29) is 23.8 Å². The number of urea groups is 1. The summed E-state index contributed by atoms with van der Waals surface area (Å²) < 4.78 is 0. The predicted molar refractivity (Wildman–Crippen MR) is 108 cm³/mol. The molecule has 0 saturated carbocycles. The number of barbiturate groups is 1. The Bertz CT molecular complexity index is 995. The van der Waals surface area contributed by atoms with E-state index in [2.05, 4.69) is 23.1 Å². The molecule has 6 heteroatoms. The number of hydrogen-bond acceptors (Lipinski definition) is 4. The Morgan fingerprint density at radius 3 is 2.17 bits per heavy atom. The number of imide groups is 2. The average molecular weight is 389 g/mol. The molecule has 5 rings (SSSR count). The van der Waals surface area contributed by atoms with Crippen LogP contribution in [-0.4, -0.2) is 54.3 Å². The van der Waals surface area contributed by atoms with Gasteiger partial charge in [0.25, 0.3) is 0 Å². The molecule has 2 saturated heterocycles. The van der Waals surface area contributed by atoms with Crippen LogP contribution < -0.4 is 4.90 Å². The van der Waals surface area contributed by atoms with Gasteiger partial charge in [-0.15, -0.1) is 0 Å². The Morgan fingerprint density at radius 1 is 0.862 bits per heavy atom. The molecule has 148 valence electrons. The number of rotatable bonds is 1. The molecule has 0 bridgehead atoms. The van der Waals surface area contributed by atoms with E-state index in [1.165, 1.54) is 19.7 Å². The van der Waals surface area contributed by atoms with E-state index in [0.29, 0.717) is 12.8 Å². The Kier molecular flexibility index (Phi) is 3.81. The minimum absolute atomic E-state index is 0.220. The van der Waals surface area contributed by atoms with Crippen molar-refractivity contribution in [3.63, 3.8) is 0 Å². The van der Waals surface area contributed by atoms with Crippen molar-refractivity contribution in [2.45, 2.75) is 24.8 Å². The highest BCUT2D eigenvalue weighted by Crippen LogP contribution is 2.51. The summed E-state index contributed by atoms with van der Waals surface area (Å²) in [6.07, 6.45) is 1.02. The SMILES string of the molecule is CN1C(=O)N(C)C(=O)C2(Cc3ccccc3N3C[C@H](c4ccccc4)C[C@@H]32)C1=O. The van der Waals surface area contributed by atoms with Gasteiger partial charge < -0.3 is 4.90 Å². The Morgan fingerprint density at radius 2 is 1.48 bits per heavy atom. The van der Waals surface area contributed by atoms with Gasteiger partial charge in [-0.05, 0) is 30.0 Å². The van der Waals surface area contributed by atoms with Crippen LogP contribution in [-0.2, 0) is 16.0 Å². The van der Waals surface area contributed by atoms with Crippen LogP contribution in [0.2, 0.25) is 0 Å². The standard InChI is InChI=1S/C23H23N3O3/c1-24-20(27)23(21(28)25(2)22(24)29)13-16-10-6-7-11-18(16)26-14-17(12-19(23)26)15-8-4-3-5-9-15/h3-11,17,19H,12-14H2,1-2H3/t17-,19-/m1/s1. The molecular weight excluding hydrogens is 366 g/mol. The molecule has 0 N–H and O–H groups in total. The minimum atomic E-state index is -1.27. The zero-order chi connectivity index (χ0) is 20.3. The third kappa shape index (κ3) is 2.32. The first-order valence-electron chi connectivity index (χ1n) is 9.95. The Balaban J connectivity index is 1.66. The molecular formula is C23H23N3O3. The van der Waals surface area contributed by atoms with E-state index in [1.807, 2.05) is 36.4 Å². The van der Waals surface area contributed by atoms with Gasteiger partial charge in [-0.1, -0.05) is 48.5 Å². The van der Waals surface area contributed by atoms with Gasteiger partial charge >= 0.3 is 6.03 Å². The van der Waals surface area contributed by atoms with Crippen molar-refractivity contribution in [1.29, 1.82) is 0 Å². The van der Waals surface area contributed by atoms with Gasteiger partial charge in [-0.3, -0.25) is 19.4 Å². The number of hydrogen-bond donors (Lipinski definition) is 0. The number of benzene rings is 2. The molecule has 3 heterocycles. The molecule has 1 spiro atoms.